The first-order valence-corrected chi connectivity index (χ1v) is 11.9. The summed E-state index contributed by atoms with van der Waals surface area (Å²) in [5, 5.41) is 6.23. The van der Waals surface area contributed by atoms with Crippen LogP contribution in [0.15, 0.2) is 91.1 Å². The van der Waals surface area contributed by atoms with Crippen molar-refractivity contribution in [3.8, 4) is 22.3 Å². The minimum atomic E-state index is 1.03. The SMILES string of the molecule is Cc1ccc(-c2c3ccccc3c(-c3ccc(C)c(C)c3)c3c2cnc2ccccc23)cc1C. The molecular formula is C33H27N. The third kappa shape index (κ3) is 3.12. The van der Waals surface area contributed by atoms with E-state index >= 15 is 0 Å². The van der Waals surface area contributed by atoms with Gasteiger partial charge in [0.25, 0.3) is 0 Å². The molecule has 0 saturated heterocycles. The van der Waals surface area contributed by atoms with Crippen molar-refractivity contribution in [3.63, 3.8) is 0 Å². The smallest absolute Gasteiger partial charge is 0.0708 e. The second kappa shape index (κ2) is 7.81. The lowest BCUT2D eigenvalue weighted by molar-refractivity contribution is 1.34. The lowest BCUT2D eigenvalue weighted by Crippen LogP contribution is -1.94. The van der Waals surface area contributed by atoms with Gasteiger partial charge in [0.1, 0.15) is 0 Å². The Labute approximate surface area is 200 Å². The van der Waals surface area contributed by atoms with Crippen LogP contribution in [0.1, 0.15) is 22.3 Å². The van der Waals surface area contributed by atoms with Crippen molar-refractivity contribution in [1.82, 2.24) is 4.98 Å². The van der Waals surface area contributed by atoms with Crippen molar-refractivity contribution in [2.75, 3.05) is 0 Å². The fourth-order valence-electron chi connectivity index (χ4n) is 5.20. The summed E-state index contributed by atoms with van der Waals surface area (Å²) >= 11 is 0. The number of aryl methyl sites for hydroxylation is 4. The van der Waals surface area contributed by atoms with Crippen molar-refractivity contribution in [3.05, 3.63) is 113 Å². The molecule has 0 aliphatic rings. The van der Waals surface area contributed by atoms with Crippen LogP contribution in [0, 0.1) is 27.7 Å². The zero-order valence-electron chi connectivity index (χ0n) is 20.1. The van der Waals surface area contributed by atoms with Crippen LogP contribution >= 0.6 is 0 Å². The van der Waals surface area contributed by atoms with E-state index in [2.05, 4.69) is 119 Å². The van der Waals surface area contributed by atoms with E-state index in [0.29, 0.717) is 0 Å². The molecule has 0 fully saturated rings. The van der Waals surface area contributed by atoms with Crippen molar-refractivity contribution < 1.29 is 0 Å². The van der Waals surface area contributed by atoms with Crippen LogP contribution in [0.2, 0.25) is 0 Å². The van der Waals surface area contributed by atoms with Gasteiger partial charge in [-0.3, -0.25) is 4.98 Å². The number of rotatable bonds is 2. The molecule has 0 spiro atoms. The zero-order chi connectivity index (χ0) is 23.4. The van der Waals surface area contributed by atoms with Crippen molar-refractivity contribution in [2.45, 2.75) is 27.7 Å². The van der Waals surface area contributed by atoms with Crippen LogP contribution in [-0.2, 0) is 0 Å². The van der Waals surface area contributed by atoms with E-state index in [1.807, 2.05) is 0 Å². The normalized spacial score (nSPS) is 11.5. The minimum Gasteiger partial charge on any atom is -0.256 e. The van der Waals surface area contributed by atoms with Gasteiger partial charge >= 0.3 is 0 Å². The summed E-state index contributed by atoms with van der Waals surface area (Å²) < 4.78 is 0. The number of aromatic nitrogens is 1. The predicted molar refractivity (Wildman–Crippen MR) is 147 cm³/mol. The van der Waals surface area contributed by atoms with Crippen molar-refractivity contribution in [2.24, 2.45) is 0 Å². The fraction of sp³-hybridized carbons (Fsp3) is 0.121. The Balaban J connectivity index is 1.88. The van der Waals surface area contributed by atoms with Crippen molar-refractivity contribution >= 4 is 32.4 Å². The molecule has 0 radical (unpaired) electrons. The first kappa shape index (κ1) is 20.6. The molecule has 164 valence electrons. The van der Waals surface area contributed by atoms with Gasteiger partial charge in [0.05, 0.1) is 5.52 Å². The van der Waals surface area contributed by atoms with E-state index in [1.54, 1.807) is 0 Å². The molecule has 1 nitrogen and oxygen atoms in total. The third-order valence-electron chi connectivity index (χ3n) is 7.35. The molecule has 1 aromatic heterocycles. The minimum absolute atomic E-state index is 1.03. The molecule has 6 rings (SSSR count). The summed E-state index contributed by atoms with van der Waals surface area (Å²) in [6.45, 7) is 8.75. The lowest BCUT2D eigenvalue weighted by atomic mass is 9.84. The number of pyridine rings is 1. The van der Waals surface area contributed by atoms with Gasteiger partial charge in [-0.25, -0.2) is 0 Å². The number of para-hydroxylation sites is 1. The third-order valence-corrected chi connectivity index (χ3v) is 7.35. The van der Waals surface area contributed by atoms with E-state index in [4.69, 9.17) is 4.98 Å². The van der Waals surface area contributed by atoms with E-state index < -0.39 is 0 Å². The van der Waals surface area contributed by atoms with E-state index in [1.165, 1.54) is 71.4 Å². The first-order valence-electron chi connectivity index (χ1n) is 11.9. The first-order chi connectivity index (χ1) is 16.5. The highest BCUT2D eigenvalue weighted by Gasteiger charge is 2.19. The van der Waals surface area contributed by atoms with Crippen LogP contribution in [0.3, 0.4) is 0 Å². The van der Waals surface area contributed by atoms with E-state index in [0.717, 1.165) is 5.52 Å². The average molecular weight is 438 g/mol. The molecule has 0 aliphatic carbocycles. The number of fused-ring (bicyclic) bond motifs is 4. The van der Waals surface area contributed by atoms with Gasteiger partial charge in [-0.15, -0.1) is 0 Å². The monoisotopic (exact) mass is 437 g/mol. The maximum atomic E-state index is 4.91. The predicted octanol–water partition coefficient (Wildman–Crippen LogP) is 9.11. The summed E-state index contributed by atoms with van der Waals surface area (Å²) in [7, 11) is 0. The molecule has 34 heavy (non-hydrogen) atoms. The van der Waals surface area contributed by atoms with Gasteiger partial charge in [-0.1, -0.05) is 78.9 Å². The van der Waals surface area contributed by atoms with Gasteiger partial charge in [0.2, 0.25) is 0 Å². The summed E-state index contributed by atoms with van der Waals surface area (Å²) in [5.74, 6) is 0. The van der Waals surface area contributed by atoms with Crippen LogP contribution in [0.5, 0.6) is 0 Å². The molecular weight excluding hydrogens is 410 g/mol. The van der Waals surface area contributed by atoms with Gasteiger partial charge in [-0.2, -0.15) is 0 Å². The largest absolute Gasteiger partial charge is 0.256 e. The van der Waals surface area contributed by atoms with E-state index in [-0.39, 0.29) is 0 Å². The molecule has 1 heterocycles. The second-order valence-electron chi connectivity index (χ2n) is 9.46. The fourth-order valence-corrected chi connectivity index (χ4v) is 5.20. The Bertz CT molecular complexity index is 1740. The molecule has 0 N–H and O–H groups in total. The molecule has 0 amide bonds. The second-order valence-corrected chi connectivity index (χ2v) is 9.46. The Morgan fingerprint density at radius 3 is 1.62 bits per heavy atom. The molecule has 0 aliphatic heterocycles. The quantitative estimate of drug-likeness (QED) is 0.194. The lowest BCUT2D eigenvalue weighted by Gasteiger charge is -2.20. The molecule has 0 unspecified atom stereocenters. The van der Waals surface area contributed by atoms with E-state index in [9.17, 15) is 0 Å². The Morgan fingerprint density at radius 1 is 0.471 bits per heavy atom. The van der Waals surface area contributed by atoms with Gasteiger partial charge in [0.15, 0.2) is 0 Å². The summed E-state index contributed by atoms with van der Waals surface area (Å²) in [6, 6.07) is 31.0. The maximum Gasteiger partial charge on any atom is 0.0708 e. The number of benzene rings is 5. The zero-order valence-corrected chi connectivity index (χ0v) is 20.1. The number of hydrogen-bond acceptors (Lipinski definition) is 1. The summed E-state index contributed by atoms with van der Waals surface area (Å²) in [5.41, 5.74) is 11.3. The molecule has 6 aromatic rings. The maximum absolute atomic E-state index is 4.91. The summed E-state index contributed by atoms with van der Waals surface area (Å²) in [4.78, 5) is 4.91. The molecule has 0 saturated carbocycles. The number of nitrogens with zero attached hydrogens (tertiary/aromatic N) is 1. The number of hydrogen-bond donors (Lipinski definition) is 0. The Kier molecular flexibility index (Phi) is 4.74. The van der Waals surface area contributed by atoms with Crippen LogP contribution < -0.4 is 0 Å². The highest BCUT2D eigenvalue weighted by molar-refractivity contribution is 6.27. The van der Waals surface area contributed by atoms with Crippen molar-refractivity contribution in [1.29, 1.82) is 0 Å². The highest BCUT2D eigenvalue weighted by atomic mass is 14.6. The van der Waals surface area contributed by atoms with Crippen LogP contribution in [0.25, 0.3) is 54.7 Å². The molecule has 1 heteroatoms. The van der Waals surface area contributed by atoms with Gasteiger partial charge < -0.3 is 0 Å². The highest BCUT2D eigenvalue weighted by Crippen LogP contribution is 2.46. The summed E-state index contributed by atoms with van der Waals surface area (Å²) in [6.07, 6.45) is 2.08. The average Bonchev–Trinajstić information content (AvgIpc) is 2.86. The Morgan fingerprint density at radius 2 is 1.00 bits per heavy atom. The molecule has 5 aromatic carbocycles. The van der Waals surface area contributed by atoms with Crippen LogP contribution in [-0.4, -0.2) is 4.98 Å². The standard InChI is InChI=1S/C33H27N/c1-20-13-15-24(17-22(20)3)31-26-9-5-6-10-27(26)32(25-16-14-21(2)23(4)18-25)33-28-11-7-8-12-30(28)34-19-29(31)33/h5-19H,1-4H3. The van der Waals surface area contributed by atoms with Gasteiger partial charge in [-0.05, 0) is 89.0 Å². The van der Waals surface area contributed by atoms with Crippen LogP contribution in [0.4, 0.5) is 0 Å². The molecule has 0 bridgehead atoms. The van der Waals surface area contributed by atoms with Gasteiger partial charge in [0, 0.05) is 22.4 Å². The molecule has 0 atom stereocenters. The topological polar surface area (TPSA) is 12.9 Å². The Hall–Kier alpha value is -3.97.